The summed E-state index contributed by atoms with van der Waals surface area (Å²) in [5, 5.41) is 0. The van der Waals surface area contributed by atoms with Crippen LogP contribution in [0.3, 0.4) is 0 Å². The third-order valence-electron chi connectivity index (χ3n) is 6.44. The monoisotopic (exact) mass is 437 g/mol. The molecule has 0 radical (unpaired) electrons. The minimum atomic E-state index is -0.810. The van der Waals surface area contributed by atoms with Crippen molar-refractivity contribution < 1.29 is 8.78 Å². The summed E-state index contributed by atoms with van der Waals surface area (Å²) in [6, 6.07) is 19.7. The lowest BCUT2D eigenvalue weighted by molar-refractivity contribution is 0.162. The molecule has 0 bridgehead atoms. The first-order chi connectivity index (χ1) is 14.9. The van der Waals surface area contributed by atoms with Gasteiger partial charge >= 0.3 is 0 Å². The fourth-order valence-electron chi connectivity index (χ4n) is 4.50. The average molecular weight is 438 g/mol. The molecular formula is C27H29F2NS. The third-order valence-corrected chi connectivity index (χ3v) is 7.44. The highest BCUT2D eigenvalue weighted by Crippen LogP contribution is 2.35. The van der Waals surface area contributed by atoms with E-state index in [9.17, 15) is 8.78 Å². The molecule has 1 aliphatic heterocycles. The molecule has 31 heavy (non-hydrogen) atoms. The summed E-state index contributed by atoms with van der Waals surface area (Å²) < 4.78 is 26.6. The summed E-state index contributed by atoms with van der Waals surface area (Å²) in [4.78, 5) is 4.29. The largest absolute Gasteiger partial charge is 0.297 e. The normalized spacial score (nSPS) is 16.4. The van der Waals surface area contributed by atoms with Gasteiger partial charge in [-0.2, -0.15) is 0 Å². The van der Waals surface area contributed by atoms with Gasteiger partial charge < -0.3 is 0 Å². The van der Waals surface area contributed by atoms with Crippen molar-refractivity contribution in [1.29, 1.82) is 0 Å². The summed E-state index contributed by atoms with van der Waals surface area (Å²) >= 11 is 1.45. The number of hydrogen-bond donors (Lipinski definition) is 0. The van der Waals surface area contributed by atoms with Crippen molar-refractivity contribution in [2.24, 2.45) is 0 Å². The first-order valence-electron chi connectivity index (χ1n) is 10.9. The van der Waals surface area contributed by atoms with Gasteiger partial charge in [0.05, 0.1) is 0 Å². The van der Waals surface area contributed by atoms with Crippen LogP contribution in [0.5, 0.6) is 0 Å². The second-order valence-electron chi connectivity index (χ2n) is 8.59. The Morgan fingerprint density at radius 2 is 1.52 bits per heavy atom. The average Bonchev–Trinajstić information content (AvgIpc) is 2.78. The summed E-state index contributed by atoms with van der Waals surface area (Å²) in [7, 11) is 0. The Labute approximate surface area is 188 Å². The van der Waals surface area contributed by atoms with Crippen LogP contribution in [-0.2, 0) is 0 Å². The van der Waals surface area contributed by atoms with E-state index < -0.39 is 11.6 Å². The van der Waals surface area contributed by atoms with Crippen LogP contribution in [0, 0.1) is 25.5 Å². The molecule has 1 saturated heterocycles. The van der Waals surface area contributed by atoms with Crippen LogP contribution in [0.25, 0.3) is 0 Å². The number of likely N-dealkylation sites (tertiary alicyclic amines) is 1. The Balaban J connectivity index is 1.37. The molecule has 0 aromatic heterocycles. The maximum absolute atomic E-state index is 13.4. The smallest absolute Gasteiger partial charge is 0.159 e. The topological polar surface area (TPSA) is 3.24 Å². The van der Waals surface area contributed by atoms with Crippen LogP contribution in [0.4, 0.5) is 8.78 Å². The van der Waals surface area contributed by atoms with Crippen LogP contribution in [0.2, 0.25) is 0 Å². The Morgan fingerprint density at radius 3 is 2.19 bits per heavy atom. The molecule has 3 aromatic rings. The number of hydrogen-bond acceptors (Lipinski definition) is 2. The summed E-state index contributed by atoms with van der Waals surface area (Å²) in [6.07, 6.45) is 2.39. The SMILES string of the molecule is Cc1ccc(C)c(C2CCN(C(C)c3ccc(Sc4ccc(F)c(F)c4)cc3)CC2)c1. The molecule has 0 amide bonds. The molecule has 162 valence electrons. The van der Waals surface area contributed by atoms with Gasteiger partial charge in [-0.05, 0) is 99.6 Å². The molecule has 0 saturated carbocycles. The van der Waals surface area contributed by atoms with E-state index in [1.165, 1.54) is 59.0 Å². The molecule has 1 heterocycles. The van der Waals surface area contributed by atoms with Gasteiger partial charge in [-0.1, -0.05) is 47.7 Å². The fraction of sp³-hybridized carbons (Fsp3) is 0.333. The maximum atomic E-state index is 13.4. The molecule has 0 N–H and O–H groups in total. The lowest BCUT2D eigenvalue weighted by Crippen LogP contribution is -2.35. The molecule has 3 aromatic carbocycles. The molecule has 0 aliphatic carbocycles. The van der Waals surface area contributed by atoms with Crippen molar-refractivity contribution in [3.63, 3.8) is 0 Å². The fourth-order valence-corrected chi connectivity index (χ4v) is 5.34. The van der Waals surface area contributed by atoms with Gasteiger partial charge in [-0.3, -0.25) is 4.90 Å². The molecule has 1 unspecified atom stereocenters. The van der Waals surface area contributed by atoms with Crippen LogP contribution in [0.15, 0.2) is 70.5 Å². The minimum absolute atomic E-state index is 0.363. The van der Waals surface area contributed by atoms with Gasteiger partial charge in [0, 0.05) is 15.8 Å². The predicted molar refractivity (Wildman–Crippen MR) is 125 cm³/mol. The molecular weight excluding hydrogens is 408 g/mol. The maximum Gasteiger partial charge on any atom is 0.159 e. The highest BCUT2D eigenvalue weighted by atomic mass is 32.2. The quantitative estimate of drug-likeness (QED) is 0.403. The van der Waals surface area contributed by atoms with Gasteiger partial charge in [0.25, 0.3) is 0 Å². The van der Waals surface area contributed by atoms with Crippen molar-refractivity contribution in [2.45, 2.75) is 55.4 Å². The number of piperidine rings is 1. The summed E-state index contributed by atoms with van der Waals surface area (Å²) in [5.74, 6) is -0.965. The van der Waals surface area contributed by atoms with Crippen LogP contribution < -0.4 is 0 Å². The van der Waals surface area contributed by atoms with E-state index in [2.05, 4.69) is 68.1 Å². The number of halogens is 2. The molecule has 4 rings (SSSR count). The highest BCUT2D eigenvalue weighted by Gasteiger charge is 2.25. The van der Waals surface area contributed by atoms with Crippen molar-refractivity contribution in [1.82, 2.24) is 4.90 Å². The predicted octanol–water partition coefficient (Wildman–Crippen LogP) is 7.67. The Bertz CT molecular complexity index is 1040. The van der Waals surface area contributed by atoms with E-state index in [4.69, 9.17) is 0 Å². The Hall–Kier alpha value is -2.17. The van der Waals surface area contributed by atoms with Gasteiger partial charge in [0.2, 0.25) is 0 Å². The zero-order valence-corrected chi connectivity index (χ0v) is 19.2. The molecule has 4 heteroatoms. The number of aryl methyl sites for hydroxylation is 2. The van der Waals surface area contributed by atoms with Gasteiger partial charge in [-0.15, -0.1) is 0 Å². The van der Waals surface area contributed by atoms with Crippen LogP contribution in [0.1, 0.15) is 54.0 Å². The summed E-state index contributed by atoms with van der Waals surface area (Å²) in [6.45, 7) is 8.88. The van der Waals surface area contributed by atoms with E-state index in [1.807, 2.05) is 0 Å². The second-order valence-corrected chi connectivity index (χ2v) is 9.74. The first kappa shape index (κ1) is 22.0. The number of nitrogens with zero attached hydrogens (tertiary/aromatic N) is 1. The summed E-state index contributed by atoms with van der Waals surface area (Å²) in [5.41, 5.74) is 5.56. The van der Waals surface area contributed by atoms with Crippen LogP contribution >= 0.6 is 11.8 Å². The molecule has 1 atom stereocenters. The zero-order chi connectivity index (χ0) is 22.0. The molecule has 1 fully saturated rings. The molecule has 0 spiro atoms. The van der Waals surface area contributed by atoms with Crippen molar-refractivity contribution in [3.8, 4) is 0 Å². The Kier molecular flexibility index (Phi) is 6.78. The lowest BCUT2D eigenvalue weighted by Gasteiger charge is -2.37. The Morgan fingerprint density at radius 1 is 0.839 bits per heavy atom. The van der Waals surface area contributed by atoms with E-state index in [1.54, 1.807) is 6.07 Å². The second kappa shape index (κ2) is 9.54. The highest BCUT2D eigenvalue weighted by molar-refractivity contribution is 7.99. The number of benzene rings is 3. The van der Waals surface area contributed by atoms with E-state index >= 15 is 0 Å². The number of rotatable bonds is 5. The minimum Gasteiger partial charge on any atom is -0.297 e. The standard InChI is InChI=1S/C27H29F2NS/c1-18-4-5-19(2)25(16-18)22-12-14-30(15-13-22)20(3)21-6-8-23(9-7-21)31-24-10-11-26(28)27(29)17-24/h4-11,16-17,20,22H,12-15H2,1-3H3. The zero-order valence-electron chi connectivity index (χ0n) is 18.4. The van der Waals surface area contributed by atoms with Crippen molar-refractivity contribution >= 4 is 11.8 Å². The van der Waals surface area contributed by atoms with E-state index in [0.717, 1.165) is 18.0 Å². The van der Waals surface area contributed by atoms with Crippen molar-refractivity contribution in [3.05, 3.63) is 94.6 Å². The first-order valence-corrected chi connectivity index (χ1v) is 11.8. The third kappa shape index (κ3) is 5.19. The van der Waals surface area contributed by atoms with E-state index in [0.29, 0.717) is 16.9 Å². The van der Waals surface area contributed by atoms with Gasteiger partial charge in [0.1, 0.15) is 0 Å². The molecule has 1 aliphatic rings. The van der Waals surface area contributed by atoms with Crippen molar-refractivity contribution in [2.75, 3.05) is 13.1 Å². The van der Waals surface area contributed by atoms with Gasteiger partial charge in [-0.25, -0.2) is 8.78 Å². The van der Waals surface area contributed by atoms with Gasteiger partial charge in [0.15, 0.2) is 11.6 Å². The van der Waals surface area contributed by atoms with Crippen LogP contribution in [-0.4, -0.2) is 18.0 Å². The van der Waals surface area contributed by atoms with E-state index in [-0.39, 0.29) is 0 Å². The molecule has 1 nitrogen and oxygen atoms in total. The lowest BCUT2D eigenvalue weighted by atomic mass is 9.85.